The minimum Gasteiger partial charge on any atom is -0.494 e. The molecule has 1 saturated heterocycles. The van der Waals surface area contributed by atoms with Crippen LogP contribution in [0.4, 0.5) is 11.4 Å². The van der Waals surface area contributed by atoms with Crippen LogP contribution in [0.5, 0.6) is 5.75 Å². The lowest BCUT2D eigenvalue weighted by atomic mass is 10.1. The molecule has 0 spiro atoms. The molecule has 0 radical (unpaired) electrons. The number of rotatable bonds is 6. The van der Waals surface area contributed by atoms with Gasteiger partial charge in [0.1, 0.15) is 5.75 Å². The highest BCUT2D eigenvalue weighted by molar-refractivity contribution is 7.17. The molecule has 2 amide bonds. The molecule has 2 aliphatic heterocycles. The lowest BCUT2D eigenvalue weighted by Crippen LogP contribution is -2.36. The minimum absolute atomic E-state index is 0. The van der Waals surface area contributed by atoms with Crippen LogP contribution in [-0.2, 0) is 11.2 Å². The third-order valence-electron chi connectivity index (χ3n) is 6.32. The van der Waals surface area contributed by atoms with Gasteiger partial charge in [-0.1, -0.05) is 23.7 Å². The Labute approximate surface area is 220 Å². The molecule has 0 unspecified atom stereocenters. The topological polar surface area (TPSA) is 61.9 Å². The number of halogens is 2. The normalized spacial score (nSPS) is 15.5. The Morgan fingerprint density at radius 2 is 1.83 bits per heavy atom. The van der Waals surface area contributed by atoms with E-state index in [-0.39, 0.29) is 24.2 Å². The molecule has 1 aromatic heterocycles. The average Bonchev–Trinajstić information content (AvgIpc) is 3.50. The first-order valence-electron chi connectivity index (χ1n) is 11.4. The molecule has 1 N–H and O–H groups in total. The number of benzene rings is 2. The van der Waals surface area contributed by atoms with Crippen molar-refractivity contribution in [1.29, 1.82) is 0 Å². The maximum Gasteiger partial charge on any atom is 0.268 e. The van der Waals surface area contributed by atoms with Crippen LogP contribution in [0.15, 0.2) is 48.5 Å². The maximum absolute atomic E-state index is 13.4. The summed E-state index contributed by atoms with van der Waals surface area (Å²) in [7, 11) is 1.57. The van der Waals surface area contributed by atoms with Crippen LogP contribution in [0, 0.1) is 0 Å². The van der Waals surface area contributed by atoms with Crippen molar-refractivity contribution in [3.05, 3.63) is 64.0 Å². The summed E-state index contributed by atoms with van der Waals surface area (Å²) in [5, 5.41) is 3.65. The number of hydrogen-bond acceptors (Lipinski definition) is 5. The van der Waals surface area contributed by atoms with Gasteiger partial charge in [-0.15, -0.1) is 23.7 Å². The largest absolute Gasteiger partial charge is 0.494 e. The highest BCUT2D eigenvalue weighted by Gasteiger charge is 2.29. The number of amides is 2. The molecular formula is C26H27Cl2N3O3S. The predicted octanol–water partition coefficient (Wildman–Crippen LogP) is 5.74. The summed E-state index contributed by atoms with van der Waals surface area (Å²) in [6.07, 6.45) is 3.06. The minimum atomic E-state index is -0.0556. The molecule has 0 aliphatic carbocycles. The maximum atomic E-state index is 13.4. The van der Waals surface area contributed by atoms with Gasteiger partial charge in [0.2, 0.25) is 5.91 Å². The van der Waals surface area contributed by atoms with E-state index in [9.17, 15) is 9.59 Å². The highest BCUT2D eigenvalue weighted by atomic mass is 35.5. The fraction of sp³-hybridized carbons (Fsp3) is 0.308. The van der Waals surface area contributed by atoms with Gasteiger partial charge in [-0.3, -0.25) is 14.5 Å². The van der Waals surface area contributed by atoms with Gasteiger partial charge >= 0.3 is 0 Å². The Balaban J connectivity index is 0.00000289. The van der Waals surface area contributed by atoms with Crippen molar-refractivity contribution < 1.29 is 14.3 Å². The van der Waals surface area contributed by atoms with Crippen LogP contribution in [-0.4, -0.2) is 50.0 Å². The van der Waals surface area contributed by atoms with Crippen molar-refractivity contribution in [2.45, 2.75) is 19.3 Å². The zero-order valence-electron chi connectivity index (χ0n) is 19.4. The van der Waals surface area contributed by atoms with Crippen LogP contribution in [0.2, 0.25) is 5.02 Å². The number of ether oxygens (including phenoxy) is 1. The average molecular weight is 532 g/mol. The lowest BCUT2D eigenvalue weighted by molar-refractivity contribution is -0.117. The smallest absolute Gasteiger partial charge is 0.268 e. The van der Waals surface area contributed by atoms with Gasteiger partial charge in [-0.2, -0.15) is 0 Å². The Morgan fingerprint density at radius 1 is 1.09 bits per heavy atom. The molecule has 0 saturated carbocycles. The van der Waals surface area contributed by atoms with Crippen molar-refractivity contribution >= 4 is 58.5 Å². The Kier molecular flexibility index (Phi) is 8.02. The second-order valence-electron chi connectivity index (χ2n) is 8.59. The highest BCUT2D eigenvalue weighted by Crippen LogP contribution is 2.38. The van der Waals surface area contributed by atoms with E-state index in [2.05, 4.69) is 16.3 Å². The lowest BCUT2D eigenvalue weighted by Gasteiger charge is -2.27. The Morgan fingerprint density at radius 3 is 2.54 bits per heavy atom. The molecule has 35 heavy (non-hydrogen) atoms. The van der Waals surface area contributed by atoms with Gasteiger partial charge < -0.3 is 15.0 Å². The fourth-order valence-electron chi connectivity index (χ4n) is 4.54. The van der Waals surface area contributed by atoms with Gasteiger partial charge in [0, 0.05) is 28.2 Å². The van der Waals surface area contributed by atoms with E-state index >= 15 is 0 Å². The summed E-state index contributed by atoms with van der Waals surface area (Å²) in [4.78, 5) is 31.6. The van der Waals surface area contributed by atoms with E-state index in [1.807, 2.05) is 42.5 Å². The Bertz CT molecular complexity index is 1220. The summed E-state index contributed by atoms with van der Waals surface area (Å²) in [5.41, 5.74) is 3.50. The van der Waals surface area contributed by atoms with Crippen LogP contribution in [0.3, 0.4) is 0 Å². The van der Waals surface area contributed by atoms with E-state index < -0.39 is 0 Å². The van der Waals surface area contributed by atoms with Crippen LogP contribution < -0.4 is 15.0 Å². The molecule has 6 nitrogen and oxygen atoms in total. The molecule has 0 bridgehead atoms. The molecule has 3 aromatic rings. The predicted molar refractivity (Wildman–Crippen MR) is 145 cm³/mol. The molecule has 184 valence electrons. The number of fused-ring (bicyclic) bond motifs is 1. The van der Waals surface area contributed by atoms with Crippen LogP contribution in [0.25, 0.3) is 10.4 Å². The first-order valence-corrected chi connectivity index (χ1v) is 12.6. The van der Waals surface area contributed by atoms with E-state index in [0.717, 1.165) is 58.9 Å². The third kappa shape index (κ3) is 5.48. The van der Waals surface area contributed by atoms with Crippen molar-refractivity contribution in [3.63, 3.8) is 0 Å². The summed E-state index contributed by atoms with van der Waals surface area (Å²) < 4.78 is 5.55. The first-order chi connectivity index (χ1) is 16.5. The number of carbonyl (C=O) groups excluding carboxylic acids is 2. The summed E-state index contributed by atoms with van der Waals surface area (Å²) in [6.45, 7) is 2.90. The number of hydrogen-bond donors (Lipinski definition) is 1. The van der Waals surface area contributed by atoms with Gasteiger partial charge in [0.25, 0.3) is 5.91 Å². The van der Waals surface area contributed by atoms with E-state index in [4.69, 9.17) is 16.3 Å². The van der Waals surface area contributed by atoms with E-state index in [1.165, 1.54) is 11.3 Å². The fourth-order valence-corrected chi connectivity index (χ4v) is 5.83. The second kappa shape index (κ2) is 11.0. The van der Waals surface area contributed by atoms with Crippen molar-refractivity contribution in [3.8, 4) is 16.2 Å². The first kappa shape index (κ1) is 25.5. The molecular weight excluding hydrogens is 505 g/mol. The molecule has 1 fully saturated rings. The number of thiophene rings is 1. The summed E-state index contributed by atoms with van der Waals surface area (Å²) in [6, 6.07) is 15.3. The molecule has 0 atom stereocenters. The Hall–Kier alpha value is -2.58. The van der Waals surface area contributed by atoms with Crippen LogP contribution in [0.1, 0.15) is 28.1 Å². The van der Waals surface area contributed by atoms with Gasteiger partial charge in [-0.25, -0.2) is 0 Å². The molecule has 5 rings (SSSR count). The van der Waals surface area contributed by atoms with E-state index in [1.54, 1.807) is 12.0 Å². The van der Waals surface area contributed by atoms with Gasteiger partial charge in [0.15, 0.2) is 0 Å². The summed E-state index contributed by atoms with van der Waals surface area (Å²) >= 11 is 7.53. The molecule has 2 aliphatic rings. The standard InChI is InChI=1S/C26H26ClN3O3S.ClH/c1-33-22-15-20(8-9-21(22)28-24(31)16-29-11-2-3-12-29)30-13-10-18-14-23(34-25(18)26(30)32)17-4-6-19(27)7-5-17;/h4-9,14-15H,2-3,10-13,16H2,1H3,(H,28,31);1H. The molecule has 9 heteroatoms. The zero-order chi connectivity index (χ0) is 23.7. The number of nitrogens with one attached hydrogen (secondary N) is 1. The SMILES string of the molecule is COc1cc(N2CCc3cc(-c4ccc(Cl)cc4)sc3C2=O)ccc1NC(=O)CN1CCCC1.Cl. The summed E-state index contributed by atoms with van der Waals surface area (Å²) in [5.74, 6) is 0.471. The molecule has 2 aromatic carbocycles. The van der Waals surface area contributed by atoms with Crippen LogP contribution >= 0.6 is 35.3 Å². The van der Waals surface area contributed by atoms with Crippen molar-refractivity contribution in [2.75, 3.05) is 43.5 Å². The van der Waals surface area contributed by atoms with E-state index in [0.29, 0.717) is 29.5 Å². The number of likely N-dealkylation sites (tertiary alicyclic amines) is 1. The third-order valence-corrected chi connectivity index (χ3v) is 7.79. The van der Waals surface area contributed by atoms with Crippen molar-refractivity contribution in [1.82, 2.24) is 4.90 Å². The quantitative estimate of drug-likeness (QED) is 0.440. The second-order valence-corrected chi connectivity index (χ2v) is 10.1. The van der Waals surface area contributed by atoms with Crippen molar-refractivity contribution in [2.24, 2.45) is 0 Å². The van der Waals surface area contributed by atoms with Gasteiger partial charge in [-0.05, 0) is 73.8 Å². The molecule has 3 heterocycles. The monoisotopic (exact) mass is 531 g/mol. The zero-order valence-corrected chi connectivity index (χ0v) is 21.8. The number of carbonyl (C=O) groups is 2. The number of nitrogens with zero attached hydrogens (tertiary/aromatic N) is 2. The number of anilines is 2. The van der Waals surface area contributed by atoms with Gasteiger partial charge in [0.05, 0.1) is 24.2 Å². The number of methoxy groups -OCH3 is 1.